The van der Waals surface area contributed by atoms with Crippen molar-refractivity contribution in [1.82, 2.24) is 4.90 Å². The molecule has 2 rings (SSSR count). The summed E-state index contributed by atoms with van der Waals surface area (Å²) in [6.07, 6.45) is 1.99. The number of amides is 1. The largest absolute Gasteiger partial charge is 0.399 e. The number of carbonyl (C=O) groups is 1. The number of halogens is 1. The summed E-state index contributed by atoms with van der Waals surface area (Å²) < 4.78 is 0.765. The Morgan fingerprint density at radius 2 is 2.37 bits per heavy atom. The SMILES string of the molecule is Nc1ccc(NC(=O)CN2CCC[C@H]2CO)c(Br)c1. The zero-order valence-electron chi connectivity index (χ0n) is 10.6. The molecule has 0 aliphatic carbocycles. The number of benzene rings is 1. The van der Waals surface area contributed by atoms with Gasteiger partial charge >= 0.3 is 0 Å². The number of nitrogens with two attached hydrogens (primary N) is 1. The predicted molar refractivity (Wildman–Crippen MR) is 78.9 cm³/mol. The first kappa shape index (κ1) is 14.3. The van der Waals surface area contributed by atoms with E-state index in [0.717, 1.165) is 23.9 Å². The summed E-state index contributed by atoms with van der Waals surface area (Å²) in [5.74, 6) is -0.0779. The fraction of sp³-hybridized carbons (Fsp3) is 0.462. The highest BCUT2D eigenvalue weighted by Crippen LogP contribution is 2.25. The molecule has 104 valence electrons. The van der Waals surface area contributed by atoms with Crippen LogP contribution in [-0.4, -0.2) is 41.7 Å². The molecule has 0 spiro atoms. The summed E-state index contributed by atoms with van der Waals surface area (Å²) in [6.45, 7) is 1.28. The lowest BCUT2D eigenvalue weighted by molar-refractivity contribution is -0.117. The second-order valence-electron chi connectivity index (χ2n) is 4.74. The molecule has 1 aromatic carbocycles. The maximum atomic E-state index is 12.0. The molecule has 5 nitrogen and oxygen atoms in total. The molecule has 1 amide bonds. The molecule has 0 radical (unpaired) electrons. The van der Waals surface area contributed by atoms with E-state index < -0.39 is 0 Å². The lowest BCUT2D eigenvalue weighted by atomic mass is 10.2. The van der Waals surface area contributed by atoms with Crippen LogP contribution < -0.4 is 11.1 Å². The van der Waals surface area contributed by atoms with Gasteiger partial charge in [0.15, 0.2) is 0 Å². The number of carbonyl (C=O) groups excluding carboxylic acids is 1. The number of likely N-dealkylation sites (tertiary alicyclic amines) is 1. The molecule has 0 unspecified atom stereocenters. The first-order valence-corrected chi connectivity index (χ1v) is 7.09. The summed E-state index contributed by atoms with van der Waals surface area (Å²) in [6, 6.07) is 5.38. The van der Waals surface area contributed by atoms with Crippen LogP contribution in [0, 0.1) is 0 Å². The Balaban J connectivity index is 1.94. The maximum Gasteiger partial charge on any atom is 0.238 e. The zero-order valence-corrected chi connectivity index (χ0v) is 12.2. The summed E-state index contributed by atoms with van der Waals surface area (Å²) in [4.78, 5) is 14.0. The Morgan fingerprint density at radius 3 is 3.05 bits per heavy atom. The third kappa shape index (κ3) is 3.68. The molecule has 0 aromatic heterocycles. The number of nitrogens with one attached hydrogen (secondary N) is 1. The average Bonchev–Trinajstić information content (AvgIpc) is 2.80. The Labute approximate surface area is 120 Å². The average molecular weight is 328 g/mol. The minimum Gasteiger partial charge on any atom is -0.399 e. The molecule has 0 bridgehead atoms. The standard InChI is InChI=1S/C13H18BrN3O2/c14-11-6-9(15)3-4-12(11)16-13(19)7-17-5-1-2-10(17)8-18/h3-4,6,10,18H,1-2,5,7-8,15H2,(H,16,19)/t10-/m0/s1. The van der Waals surface area contributed by atoms with Crippen molar-refractivity contribution in [1.29, 1.82) is 0 Å². The molecule has 1 saturated heterocycles. The van der Waals surface area contributed by atoms with Gasteiger partial charge in [-0.15, -0.1) is 0 Å². The molecule has 1 fully saturated rings. The number of rotatable bonds is 4. The van der Waals surface area contributed by atoms with Crippen molar-refractivity contribution in [2.45, 2.75) is 18.9 Å². The van der Waals surface area contributed by atoms with Gasteiger partial charge in [0.2, 0.25) is 5.91 Å². The van der Waals surface area contributed by atoms with Gasteiger partial charge in [0, 0.05) is 16.2 Å². The van der Waals surface area contributed by atoms with Crippen LogP contribution in [0.15, 0.2) is 22.7 Å². The molecular weight excluding hydrogens is 310 g/mol. The van der Waals surface area contributed by atoms with Crippen LogP contribution >= 0.6 is 15.9 Å². The second kappa shape index (κ2) is 6.36. The number of nitrogen functional groups attached to an aromatic ring is 1. The number of anilines is 2. The minimum absolute atomic E-state index is 0.0779. The molecule has 1 atom stereocenters. The quantitative estimate of drug-likeness (QED) is 0.731. The van der Waals surface area contributed by atoms with Gasteiger partial charge < -0.3 is 16.2 Å². The monoisotopic (exact) mass is 327 g/mol. The third-order valence-corrected chi connectivity index (χ3v) is 3.98. The topological polar surface area (TPSA) is 78.6 Å². The van der Waals surface area contributed by atoms with Crippen molar-refractivity contribution < 1.29 is 9.90 Å². The van der Waals surface area contributed by atoms with Crippen molar-refractivity contribution in [3.05, 3.63) is 22.7 Å². The highest BCUT2D eigenvalue weighted by Gasteiger charge is 2.25. The first-order chi connectivity index (χ1) is 9.10. The number of hydrogen-bond acceptors (Lipinski definition) is 4. The van der Waals surface area contributed by atoms with Gasteiger partial charge in [-0.05, 0) is 53.5 Å². The van der Waals surface area contributed by atoms with Crippen LogP contribution in [0.25, 0.3) is 0 Å². The van der Waals surface area contributed by atoms with Gasteiger partial charge in [-0.25, -0.2) is 0 Å². The van der Waals surface area contributed by atoms with E-state index in [1.807, 2.05) is 4.90 Å². The Morgan fingerprint density at radius 1 is 1.58 bits per heavy atom. The molecule has 1 aromatic rings. The second-order valence-corrected chi connectivity index (χ2v) is 5.59. The number of hydrogen-bond donors (Lipinski definition) is 3. The Kier molecular flexibility index (Phi) is 4.79. The van der Waals surface area contributed by atoms with E-state index in [9.17, 15) is 9.90 Å². The molecule has 1 aliphatic heterocycles. The molecule has 1 aliphatic rings. The normalized spacial score (nSPS) is 19.6. The van der Waals surface area contributed by atoms with E-state index in [1.165, 1.54) is 0 Å². The lowest BCUT2D eigenvalue weighted by Gasteiger charge is -2.22. The van der Waals surface area contributed by atoms with E-state index in [1.54, 1.807) is 18.2 Å². The fourth-order valence-electron chi connectivity index (χ4n) is 2.32. The number of aliphatic hydroxyl groups is 1. The van der Waals surface area contributed by atoms with Crippen LogP contribution in [0.1, 0.15) is 12.8 Å². The van der Waals surface area contributed by atoms with Crippen molar-refractivity contribution >= 4 is 33.2 Å². The van der Waals surface area contributed by atoms with Gasteiger partial charge in [-0.2, -0.15) is 0 Å². The highest BCUT2D eigenvalue weighted by molar-refractivity contribution is 9.10. The van der Waals surface area contributed by atoms with Crippen LogP contribution in [0.5, 0.6) is 0 Å². The molecule has 19 heavy (non-hydrogen) atoms. The van der Waals surface area contributed by atoms with Crippen molar-refractivity contribution in [2.75, 3.05) is 30.7 Å². The molecule has 6 heteroatoms. The highest BCUT2D eigenvalue weighted by atomic mass is 79.9. The van der Waals surface area contributed by atoms with Gasteiger partial charge in [-0.1, -0.05) is 0 Å². The van der Waals surface area contributed by atoms with Crippen LogP contribution in [-0.2, 0) is 4.79 Å². The summed E-state index contributed by atoms with van der Waals surface area (Å²) in [5.41, 5.74) is 7.00. The summed E-state index contributed by atoms with van der Waals surface area (Å²) in [5, 5.41) is 12.1. The maximum absolute atomic E-state index is 12.0. The van der Waals surface area contributed by atoms with Gasteiger partial charge in [-0.3, -0.25) is 9.69 Å². The Hall–Kier alpha value is -1.11. The van der Waals surface area contributed by atoms with Crippen LogP contribution in [0.2, 0.25) is 0 Å². The van der Waals surface area contributed by atoms with Crippen molar-refractivity contribution in [3.8, 4) is 0 Å². The fourth-order valence-corrected chi connectivity index (χ4v) is 2.81. The summed E-state index contributed by atoms with van der Waals surface area (Å²) >= 11 is 3.37. The van der Waals surface area contributed by atoms with E-state index in [4.69, 9.17) is 5.73 Å². The van der Waals surface area contributed by atoms with E-state index in [2.05, 4.69) is 21.2 Å². The van der Waals surface area contributed by atoms with Crippen molar-refractivity contribution in [2.24, 2.45) is 0 Å². The minimum atomic E-state index is -0.0779. The Bertz CT molecular complexity index is 467. The first-order valence-electron chi connectivity index (χ1n) is 6.30. The smallest absolute Gasteiger partial charge is 0.238 e. The third-order valence-electron chi connectivity index (χ3n) is 3.32. The van der Waals surface area contributed by atoms with Crippen LogP contribution in [0.3, 0.4) is 0 Å². The van der Waals surface area contributed by atoms with Gasteiger partial charge in [0.05, 0.1) is 18.8 Å². The van der Waals surface area contributed by atoms with Crippen LogP contribution in [0.4, 0.5) is 11.4 Å². The van der Waals surface area contributed by atoms with Gasteiger partial charge in [0.25, 0.3) is 0 Å². The molecule has 0 saturated carbocycles. The molecule has 4 N–H and O–H groups in total. The molecule has 1 heterocycles. The number of aliphatic hydroxyl groups excluding tert-OH is 1. The summed E-state index contributed by atoms with van der Waals surface area (Å²) in [7, 11) is 0. The van der Waals surface area contributed by atoms with E-state index in [0.29, 0.717) is 17.9 Å². The van der Waals surface area contributed by atoms with Gasteiger partial charge in [0.1, 0.15) is 0 Å². The van der Waals surface area contributed by atoms with E-state index >= 15 is 0 Å². The van der Waals surface area contributed by atoms with E-state index in [-0.39, 0.29) is 18.6 Å². The number of nitrogens with zero attached hydrogens (tertiary/aromatic N) is 1. The molecular formula is C13H18BrN3O2. The van der Waals surface area contributed by atoms with Crippen molar-refractivity contribution in [3.63, 3.8) is 0 Å². The lowest BCUT2D eigenvalue weighted by Crippen LogP contribution is -2.38. The predicted octanol–water partition coefficient (Wildman–Crippen LogP) is 1.43. The zero-order chi connectivity index (χ0) is 13.8.